The molecule has 1 unspecified atom stereocenters. The minimum atomic E-state index is -0.853. The van der Waals surface area contributed by atoms with Crippen LogP contribution < -0.4 is 5.32 Å². The number of rotatable bonds is 9. The molecule has 1 rings (SSSR count). The van der Waals surface area contributed by atoms with E-state index in [1.807, 2.05) is 25.9 Å². The zero-order valence-corrected chi connectivity index (χ0v) is 13.3. The molecule has 0 aromatic rings. The first-order valence-electron chi connectivity index (χ1n) is 7.68. The first-order chi connectivity index (χ1) is 9.95. The number of amides is 1. The molecular weight excluding hydrogens is 272 g/mol. The van der Waals surface area contributed by atoms with Gasteiger partial charge in [0.15, 0.2) is 0 Å². The molecule has 6 nitrogen and oxygen atoms in total. The van der Waals surface area contributed by atoms with Crippen molar-refractivity contribution in [3.63, 3.8) is 0 Å². The second-order valence-corrected chi connectivity index (χ2v) is 6.00. The molecule has 3 atom stereocenters. The highest BCUT2D eigenvalue weighted by atomic mass is 16.5. The fourth-order valence-electron chi connectivity index (χ4n) is 2.77. The number of carbonyl (C=O) groups is 2. The van der Waals surface area contributed by atoms with Crippen molar-refractivity contribution in [1.82, 2.24) is 10.2 Å². The maximum absolute atomic E-state index is 12.1. The average Bonchev–Trinajstić information content (AvgIpc) is 2.86. The number of aliphatic carboxylic acids is 1. The third kappa shape index (κ3) is 6.01. The number of likely N-dealkylation sites (N-methyl/N-ethyl adjacent to an activating group) is 1. The summed E-state index contributed by atoms with van der Waals surface area (Å²) in [5.74, 6) is -1.58. The largest absolute Gasteiger partial charge is 0.481 e. The molecule has 0 aliphatic heterocycles. The highest BCUT2D eigenvalue weighted by Gasteiger charge is 2.41. The smallest absolute Gasteiger partial charge is 0.307 e. The summed E-state index contributed by atoms with van der Waals surface area (Å²) in [5, 5.41) is 12.0. The lowest BCUT2D eigenvalue weighted by Crippen LogP contribution is -2.37. The van der Waals surface area contributed by atoms with E-state index in [1.165, 1.54) is 0 Å². The zero-order valence-electron chi connectivity index (χ0n) is 13.3. The highest BCUT2D eigenvalue weighted by molar-refractivity contribution is 5.85. The minimum Gasteiger partial charge on any atom is -0.481 e. The van der Waals surface area contributed by atoms with E-state index < -0.39 is 17.8 Å². The molecule has 0 aromatic heterocycles. The van der Waals surface area contributed by atoms with Crippen molar-refractivity contribution in [3.8, 4) is 0 Å². The van der Waals surface area contributed by atoms with Crippen molar-refractivity contribution in [1.29, 1.82) is 0 Å². The first kappa shape index (κ1) is 17.9. The van der Waals surface area contributed by atoms with Crippen LogP contribution in [0.2, 0.25) is 0 Å². The number of nitrogens with zero attached hydrogens (tertiary/aromatic N) is 1. The van der Waals surface area contributed by atoms with Crippen molar-refractivity contribution in [2.75, 3.05) is 40.4 Å². The predicted octanol–water partition coefficient (Wildman–Crippen LogP) is 0.818. The molecule has 122 valence electrons. The topological polar surface area (TPSA) is 78.9 Å². The molecule has 0 spiro atoms. The number of carbonyl (C=O) groups excluding carboxylic acids is 1. The van der Waals surface area contributed by atoms with E-state index in [0.717, 1.165) is 13.0 Å². The van der Waals surface area contributed by atoms with Gasteiger partial charge >= 0.3 is 5.97 Å². The first-order valence-corrected chi connectivity index (χ1v) is 7.68. The van der Waals surface area contributed by atoms with Gasteiger partial charge in [-0.15, -0.1) is 0 Å². The van der Waals surface area contributed by atoms with Crippen molar-refractivity contribution in [2.24, 2.45) is 17.8 Å². The Morgan fingerprint density at radius 3 is 2.48 bits per heavy atom. The summed E-state index contributed by atoms with van der Waals surface area (Å²) in [5.41, 5.74) is 0. The van der Waals surface area contributed by atoms with Crippen molar-refractivity contribution in [2.45, 2.75) is 26.2 Å². The fraction of sp³-hybridized carbons (Fsp3) is 0.867. The highest BCUT2D eigenvalue weighted by Crippen LogP contribution is 2.38. The van der Waals surface area contributed by atoms with E-state index in [-0.39, 0.29) is 5.91 Å². The van der Waals surface area contributed by atoms with Crippen LogP contribution >= 0.6 is 0 Å². The summed E-state index contributed by atoms with van der Waals surface area (Å²) in [6.07, 6.45) is 2.23. The summed E-state index contributed by atoms with van der Waals surface area (Å²) in [6, 6.07) is 0. The van der Waals surface area contributed by atoms with Gasteiger partial charge in [0.2, 0.25) is 5.91 Å². The van der Waals surface area contributed by atoms with Crippen LogP contribution in [0.15, 0.2) is 0 Å². The number of hydrogen-bond acceptors (Lipinski definition) is 4. The van der Waals surface area contributed by atoms with Crippen LogP contribution in [0.1, 0.15) is 26.2 Å². The summed E-state index contributed by atoms with van der Waals surface area (Å²) in [7, 11) is 3.95. The van der Waals surface area contributed by atoms with Gasteiger partial charge in [0.25, 0.3) is 0 Å². The molecule has 1 saturated carbocycles. The van der Waals surface area contributed by atoms with Gasteiger partial charge < -0.3 is 20.1 Å². The van der Waals surface area contributed by atoms with Gasteiger partial charge in [-0.05, 0) is 32.9 Å². The molecule has 0 saturated heterocycles. The summed E-state index contributed by atoms with van der Waals surface area (Å²) < 4.78 is 5.40. The average molecular weight is 300 g/mol. The number of carboxylic acids is 1. The standard InChI is InChI=1S/C15H28N2O4/c1-4-11-9-12(13(10-11)15(19)20)14(18)16-5-7-21-8-6-17(2)3/h11-13H,4-10H2,1-3H3,(H,16,18)(H,19,20)/t11?,12-,13+/m0/s1. The van der Waals surface area contributed by atoms with E-state index in [9.17, 15) is 14.7 Å². The molecule has 0 heterocycles. The van der Waals surface area contributed by atoms with Crippen LogP contribution in [-0.4, -0.2) is 62.3 Å². The lowest BCUT2D eigenvalue weighted by atomic mass is 9.95. The van der Waals surface area contributed by atoms with Gasteiger partial charge in [-0.2, -0.15) is 0 Å². The molecular formula is C15H28N2O4. The number of nitrogens with one attached hydrogen (secondary N) is 1. The Kier molecular flexibility index (Phi) is 7.67. The normalized spacial score (nSPS) is 25.2. The second kappa shape index (κ2) is 9.00. The number of ether oxygens (including phenoxy) is 1. The van der Waals surface area contributed by atoms with E-state index in [0.29, 0.717) is 38.5 Å². The van der Waals surface area contributed by atoms with Crippen LogP contribution in [0.5, 0.6) is 0 Å². The summed E-state index contributed by atoms with van der Waals surface area (Å²) >= 11 is 0. The van der Waals surface area contributed by atoms with E-state index in [2.05, 4.69) is 5.32 Å². The Morgan fingerprint density at radius 1 is 1.24 bits per heavy atom. The predicted molar refractivity (Wildman–Crippen MR) is 80.0 cm³/mol. The lowest BCUT2D eigenvalue weighted by Gasteiger charge is -2.16. The molecule has 1 amide bonds. The Hall–Kier alpha value is -1.14. The van der Waals surface area contributed by atoms with Gasteiger partial charge in [-0.1, -0.05) is 13.3 Å². The van der Waals surface area contributed by atoms with Gasteiger partial charge in [0, 0.05) is 13.1 Å². The van der Waals surface area contributed by atoms with Gasteiger partial charge in [0.05, 0.1) is 25.0 Å². The zero-order chi connectivity index (χ0) is 15.8. The number of hydrogen-bond donors (Lipinski definition) is 2. The monoisotopic (exact) mass is 300 g/mol. The Labute approximate surface area is 126 Å². The molecule has 21 heavy (non-hydrogen) atoms. The third-order valence-electron chi connectivity index (χ3n) is 4.12. The number of carboxylic acid groups (broad SMARTS) is 1. The third-order valence-corrected chi connectivity index (χ3v) is 4.12. The van der Waals surface area contributed by atoms with Crippen LogP contribution in [0.25, 0.3) is 0 Å². The Morgan fingerprint density at radius 2 is 1.90 bits per heavy atom. The van der Waals surface area contributed by atoms with E-state index in [1.54, 1.807) is 0 Å². The molecule has 0 radical (unpaired) electrons. The Bertz CT molecular complexity index is 347. The molecule has 1 aliphatic carbocycles. The van der Waals surface area contributed by atoms with Crippen LogP contribution in [0.3, 0.4) is 0 Å². The van der Waals surface area contributed by atoms with Crippen molar-refractivity contribution in [3.05, 3.63) is 0 Å². The minimum absolute atomic E-state index is 0.144. The maximum Gasteiger partial charge on any atom is 0.307 e. The molecule has 0 bridgehead atoms. The van der Waals surface area contributed by atoms with Crippen LogP contribution in [0, 0.1) is 17.8 Å². The lowest BCUT2D eigenvalue weighted by molar-refractivity contribution is -0.146. The summed E-state index contributed by atoms with van der Waals surface area (Å²) in [6.45, 7) is 4.41. The summed E-state index contributed by atoms with van der Waals surface area (Å²) in [4.78, 5) is 25.4. The van der Waals surface area contributed by atoms with Crippen LogP contribution in [-0.2, 0) is 14.3 Å². The molecule has 1 fully saturated rings. The second-order valence-electron chi connectivity index (χ2n) is 6.00. The fourth-order valence-corrected chi connectivity index (χ4v) is 2.77. The quantitative estimate of drug-likeness (QED) is 0.616. The molecule has 1 aliphatic rings. The van der Waals surface area contributed by atoms with Crippen molar-refractivity contribution >= 4 is 11.9 Å². The Balaban J connectivity index is 2.28. The van der Waals surface area contributed by atoms with Gasteiger partial charge in [-0.25, -0.2) is 0 Å². The van der Waals surface area contributed by atoms with E-state index in [4.69, 9.17) is 4.74 Å². The van der Waals surface area contributed by atoms with Gasteiger partial charge in [0.1, 0.15) is 0 Å². The molecule has 6 heteroatoms. The maximum atomic E-state index is 12.1. The molecule has 0 aromatic carbocycles. The van der Waals surface area contributed by atoms with Gasteiger partial charge in [-0.3, -0.25) is 9.59 Å². The SMILES string of the molecule is CCC1C[C@H](C(=O)NCCOCCN(C)C)[C@H](C(=O)O)C1. The molecule has 2 N–H and O–H groups in total. The van der Waals surface area contributed by atoms with E-state index >= 15 is 0 Å². The van der Waals surface area contributed by atoms with Crippen molar-refractivity contribution < 1.29 is 19.4 Å². The van der Waals surface area contributed by atoms with Crippen LogP contribution in [0.4, 0.5) is 0 Å².